The third-order valence-electron chi connectivity index (χ3n) is 2.49. The van der Waals surface area contributed by atoms with Gasteiger partial charge in [-0.25, -0.2) is 0 Å². The van der Waals surface area contributed by atoms with Gasteiger partial charge < -0.3 is 11.1 Å². The minimum atomic E-state index is -0.0833. The van der Waals surface area contributed by atoms with Crippen LogP contribution in [0, 0.1) is 6.92 Å². The molecule has 0 aliphatic carbocycles. The average Bonchev–Trinajstić information content (AvgIpc) is 2.29. The summed E-state index contributed by atoms with van der Waals surface area (Å²) in [5.74, 6) is -0.0833. The molecule has 0 saturated heterocycles. The van der Waals surface area contributed by atoms with E-state index < -0.39 is 0 Å². The van der Waals surface area contributed by atoms with Crippen molar-refractivity contribution in [1.82, 2.24) is 5.32 Å². The van der Waals surface area contributed by atoms with Crippen LogP contribution in [0.3, 0.4) is 0 Å². The smallest absolute Gasteiger partial charge is 0.251 e. The highest BCUT2D eigenvalue weighted by molar-refractivity contribution is 9.10. The van der Waals surface area contributed by atoms with Crippen LogP contribution in [0.25, 0.3) is 0 Å². The molecule has 0 aliphatic heterocycles. The fourth-order valence-corrected chi connectivity index (χ4v) is 1.94. The Hall–Kier alpha value is -1.29. The first-order valence-electron chi connectivity index (χ1n) is 5.51. The highest BCUT2D eigenvalue weighted by Crippen LogP contribution is 2.22. The molecule has 0 unspecified atom stereocenters. The van der Waals surface area contributed by atoms with Crippen molar-refractivity contribution in [3.05, 3.63) is 39.9 Å². The molecule has 0 atom stereocenters. The van der Waals surface area contributed by atoms with Crippen LogP contribution in [-0.4, -0.2) is 12.5 Å². The Bertz CT molecular complexity index is 441. The van der Waals surface area contributed by atoms with Crippen LogP contribution in [0.2, 0.25) is 0 Å². The van der Waals surface area contributed by atoms with Crippen LogP contribution in [0.15, 0.2) is 28.8 Å². The predicted octanol–water partition coefficient (Wildman–Crippen LogP) is 3.04. The Kier molecular flexibility index (Phi) is 5.22. The second kappa shape index (κ2) is 6.45. The maximum absolute atomic E-state index is 11.9. The zero-order valence-corrected chi connectivity index (χ0v) is 11.7. The lowest BCUT2D eigenvalue weighted by atomic mass is 10.1. The van der Waals surface area contributed by atoms with E-state index >= 15 is 0 Å². The zero-order valence-electron chi connectivity index (χ0n) is 10.1. The Morgan fingerprint density at radius 3 is 2.88 bits per heavy atom. The van der Waals surface area contributed by atoms with E-state index in [2.05, 4.69) is 21.2 Å². The van der Waals surface area contributed by atoms with Crippen LogP contribution in [0.4, 0.5) is 5.69 Å². The number of nitrogen functional groups attached to an aromatic ring is 1. The molecule has 3 N–H and O–H groups in total. The average molecular weight is 297 g/mol. The molecule has 0 fully saturated rings. The maximum Gasteiger partial charge on any atom is 0.251 e. The van der Waals surface area contributed by atoms with E-state index in [1.54, 1.807) is 12.1 Å². The summed E-state index contributed by atoms with van der Waals surface area (Å²) >= 11 is 3.34. The van der Waals surface area contributed by atoms with Gasteiger partial charge >= 0.3 is 0 Å². The molecule has 0 radical (unpaired) electrons. The van der Waals surface area contributed by atoms with Crippen LogP contribution in [0.5, 0.6) is 0 Å². The second-order valence-electron chi connectivity index (χ2n) is 3.78. The molecular formula is C13H17BrN2O. The highest BCUT2D eigenvalue weighted by atomic mass is 79.9. The molecule has 3 nitrogen and oxygen atoms in total. The molecule has 0 bridgehead atoms. The van der Waals surface area contributed by atoms with E-state index in [0.717, 1.165) is 16.5 Å². The minimum Gasteiger partial charge on any atom is -0.398 e. The normalized spacial score (nSPS) is 10.8. The Labute approximate surface area is 110 Å². The van der Waals surface area contributed by atoms with Gasteiger partial charge in [0, 0.05) is 22.3 Å². The number of benzene rings is 1. The van der Waals surface area contributed by atoms with Crippen molar-refractivity contribution in [2.45, 2.75) is 20.3 Å². The van der Waals surface area contributed by atoms with Gasteiger partial charge in [-0.15, -0.1) is 0 Å². The third kappa shape index (κ3) is 3.89. The third-order valence-corrected chi connectivity index (χ3v) is 2.95. The molecule has 0 saturated carbocycles. The predicted molar refractivity (Wildman–Crippen MR) is 75.1 cm³/mol. The summed E-state index contributed by atoms with van der Waals surface area (Å²) in [6, 6.07) is 3.59. The maximum atomic E-state index is 11.9. The lowest BCUT2D eigenvalue weighted by molar-refractivity contribution is 0.0953. The SMILES string of the molecule is C/C=C/CCNC(=O)c1cc(Br)cc(N)c1C. The number of carbonyl (C=O) groups is 1. The molecule has 4 heteroatoms. The fraction of sp³-hybridized carbons (Fsp3) is 0.308. The first kappa shape index (κ1) is 13.8. The van der Waals surface area contributed by atoms with Gasteiger partial charge in [-0.3, -0.25) is 4.79 Å². The number of hydrogen-bond acceptors (Lipinski definition) is 2. The van der Waals surface area contributed by atoms with Gasteiger partial charge in [0.2, 0.25) is 0 Å². The zero-order chi connectivity index (χ0) is 12.8. The molecule has 1 rings (SSSR count). The van der Waals surface area contributed by atoms with E-state index in [9.17, 15) is 4.79 Å². The summed E-state index contributed by atoms with van der Waals surface area (Å²) in [6.45, 7) is 4.44. The number of halogens is 1. The van der Waals surface area contributed by atoms with E-state index in [1.165, 1.54) is 0 Å². The molecule has 1 aromatic rings. The van der Waals surface area contributed by atoms with Crippen molar-refractivity contribution in [2.24, 2.45) is 0 Å². The van der Waals surface area contributed by atoms with Crippen molar-refractivity contribution in [3.63, 3.8) is 0 Å². The van der Waals surface area contributed by atoms with Gasteiger partial charge in [0.25, 0.3) is 5.91 Å². The molecule has 0 aliphatic rings. The van der Waals surface area contributed by atoms with Crippen molar-refractivity contribution < 1.29 is 4.79 Å². The van der Waals surface area contributed by atoms with Crippen molar-refractivity contribution >= 4 is 27.5 Å². The van der Waals surface area contributed by atoms with Gasteiger partial charge in [-0.1, -0.05) is 28.1 Å². The second-order valence-corrected chi connectivity index (χ2v) is 4.70. The summed E-state index contributed by atoms with van der Waals surface area (Å²) in [6.07, 6.45) is 4.82. The topological polar surface area (TPSA) is 55.1 Å². The van der Waals surface area contributed by atoms with Gasteiger partial charge in [-0.05, 0) is 38.0 Å². The first-order chi connectivity index (χ1) is 8.06. The summed E-state index contributed by atoms with van der Waals surface area (Å²) in [5.41, 5.74) is 7.88. The van der Waals surface area contributed by atoms with Crippen LogP contribution in [-0.2, 0) is 0 Å². The van der Waals surface area contributed by atoms with Crippen LogP contribution in [0.1, 0.15) is 29.3 Å². The molecular weight excluding hydrogens is 280 g/mol. The molecule has 0 aromatic heterocycles. The standard InChI is InChI=1S/C13H17BrN2O/c1-3-4-5-6-16-13(17)11-7-10(14)8-12(15)9(11)2/h3-4,7-8H,5-6,15H2,1-2H3,(H,16,17)/b4-3+. The van der Waals surface area contributed by atoms with Crippen LogP contribution >= 0.6 is 15.9 Å². The lowest BCUT2D eigenvalue weighted by Crippen LogP contribution is -2.25. The Morgan fingerprint density at radius 1 is 1.53 bits per heavy atom. The summed E-state index contributed by atoms with van der Waals surface area (Å²) in [7, 11) is 0. The molecule has 1 aromatic carbocycles. The summed E-state index contributed by atoms with van der Waals surface area (Å²) in [4.78, 5) is 11.9. The molecule has 1 amide bonds. The highest BCUT2D eigenvalue weighted by Gasteiger charge is 2.11. The van der Waals surface area contributed by atoms with Gasteiger partial charge in [-0.2, -0.15) is 0 Å². The van der Waals surface area contributed by atoms with Crippen LogP contribution < -0.4 is 11.1 Å². The van der Waals surface area contributed by atoms with E-state index in [0.29, 0.717) is 17.8 Å². The number of allylic oxidation sites excluding steroid dienone is 1. The number of amides is 1. The number of nitrogens with one attached hydrogen (secondary N) is 1. The van der Waals surface area contributed by atoms with Crippen molar-refractivity contribution in [3.8, 4) is 0 Å². The van der Waals surface area contributed by atoms with E-state index in [1.807, 2.05) is 26.0 Å². The summed E-state index contributed by atoms with van der Waals surface area (Å²) in [5, 5.41) is 2.86. The monoisotopic (exact) mass is 296 g/mol. The number of carbonyl (C=O) groups excluding carboxylic acids is 1. The number of rotatable bonds is 4. The van der Waals surface area contributed by atoms with Gasteiger partial charge in [0.15, 0.2) is 0 Å². The molecule has 0 heterocycles. The van der Waals surface area contributed by atoms with Gasteiger partial charge in [0.05, 0.1) is 0 Å². The lowest BCUT2D eigenvalue weighted by Gasteiger charge is -2.09. The number of hydrogen-bond donors (Lipinski definition) is 2. The molecule has 17 heavy (non-hydrogen) atoms. The molecule has 0 spiro atoms. The van der Waals surface area contributed by atoms with Crippen molar-refractivity contribution in [1.29, 1.82) is 0 Å². The summed E-state index contributed by atoms with van der Waals surface area (Å²) < 4.78 is 0.819. The Balaban J connectivity index is 2.75. The number of nitrogens with two attached hydrogens (primary N) is 1. The van der Waals surface area contributed by atoms with E-state index in [-0.39, 0.29) is 5.91 Å². The number of anilines is 1. The van der Waals surface area contributed by atoms with E-state index in [4.69, 9.17) is 5.73 Å². The largest absolute Gasteiger partial charge is 0.398 e. The fourth-order valence-electron chi connectivity index (χ4n) is 1.47. The quantitative estimate of drug-likeness (QED) is 0.510. The minimum absolute atomic E-state index is 0.0833. The van der Waals surface area contributed by atoms with Gasteiger partial charge in [0.1, 0.15) is 0 Å². The Morgan fingerprint density at radius 2 is 2.24 bits per heavy atom. The first-order valence-corrected chi connectivity index (χ1v) is 6.30. The van der Waals surface area contributed by atoms with Crippen molar-refractivity contribution in [2.75, 3.05) is 12.3 Å². The molecule has 92 valence electrons.